The summed E-state index contributed by atoms with van der Waals surface area (Å²) in [6, 6.07) is 1.17. The number of nitrogens with two attached hydrogens (primary N) is 1. The van der Waals surface area contributed by atoms with Gasteiger partial charge in [0.05, 0.1) is 5.69 Å². The SMILES string of the molecule is Cc1nn(C)cc1CN1CCC(N2CCC(N)CC2)C1. The van der Waals surface area contributed by atoms with Gasteiger partial charge >= 0.3 is 0 Å². The van der Waals surface area contributed by atoms with Crippen molar-refractivity contribution in [3.63, 3.8) is 0 Å². The molecule has 1 aromatic rings. The molecule has 5 nitrogen and oxygen atoms in total. The minimum Gasteiger partial charge on any atom is -0.328 e. The first-order chi connectivity index (χ1) is 9.61. The second-order valence-corrected chi connectivity index (χ2v) is 6.46. The van der Waals surface area contributed by atoms with Gasteiger partial charge in [-0.25, -0.2) is 0 Å². The third-order valence-corrected chi connectivity index (χ3v) is 4.85. The average molecular weight is 277 g/mol. The fourth-order valence-corrected chi connectivity index (χ4v) is 3.58. The fraction of sp³-hybridized carbons (Fsp3) is 0.800. The number of aromatic nitrogens is 2. The van der Waals surface area contributed by atoms with Gasteiger partial charge in [0.2, 0.25) is 0 Å². The molecule has 0 radical (unpaired) electrons. The molecule has 2 fully saturated rings. The third-order valence-electron chi connectivity index (χ3n) is 4.85. The van der Waals surface area contributed by atoms with Gasteiger partial charge in [-0.15, -0.1) is 0 Å². The van der Waals surface area contributed by atoms with Crippen LogP contribution in [0.2, 0.25) is 0 Å². The van der Waals surface area contributed by atoms with Crippen LogP contribution >= 0.6 is 0 Å². The summed E-state index contributed by atoms with van der Waals surface area (Å²) in [5.41, 5.74) is 8.53. The van der Waals surface area contributed by atoms with E-state index >= 15 is 0 Å². The summed E-state index contributed by atoms with van der Waals surface area (Å²) in [6.07, 6.45) is 5.79. The highest BCUT2D eigenvalue weighted by Gasteiger charge is 2.30. The maximum Gasteiger partial charge on any atom is 0.0638 e. The minimum absolute atomic E-state index is 0.432. The Bertz CT molecular complexity index is 447. The van der Waals surface area contributed by atoms with Crippen molar-refractivity contribution in [1.82, 2.24) is 19.6 Å². The molecule has 0 spiro atoms. The summed E-state index contributed by atoms with van der Waals surface area (Å²) in [7, 11) is 2.00. The first-order valence-electron chi connectivity index (χ1n) is 7.83. The third kappa shape index (κ3) is 3.05. The van der Waals surface area contributed by atoms with E-state index < -0.39 is 0 Å². The first-order valence-corrected chi connectivity index (χ1v) is 7.83. The first kappa shape index (κ1) is 14.0. The summed E-state index contributed by atoms with van der Waals surface area (Å²) >= 11 is 0. The van der Waals surface area contributed by atoms with E-state index in [1.807, 2.05) is 11.7 Å². The molecule has 1 atom stereocenters. The highest BCUT2D eigenvalue weighted by atomic mass is 15.3. The Morgan fingerprint density at radius 3 is 2.65 bits per heavy atom. The lowest BCUT2D eigenvalue weighted by molar-refractivity contribution is 0.151. The van der Waals surface area contributed by atoms with Crippen molar-refractivity contribution in [2.75, 3.05) is 26.2 Å². The fourth-order valence-electron chi connectivity index (χ4n) is 3.58. The second kappa shape index (κ2) is 5.84. The molecule has 5 heteroatoms. The van der Waals surface area contributed by atoms with Crippen LogP contribution in [0.5, 0.6) is 0 Å². The highest BCUT2D eigenvalue weighted by molar-refractivity contribution is 5.15. The zero-order chi connectivity index (χ0) is 14.1. The second-order valence-electron chi connectivity index (χ2n) is 6.46. The van der Waals surface area contributed by atoms with Gasteiger partial charge in [0.15, 0.2) is 0 Å². The van der Waals surface area contributed by atoms with E-state index in [4.69, 9.17) is 5.73 Å². The molecule has 1 unspecified atom stereocenters. The molecular weight excluding hydrogens is 250 g/mol. The van der Waals surface area contributed by atoms with Gasteiger partial charge in [-0.2, -0.15) is 5.10 Å². The molecule has 2 N–H and O–H groups in total. The van der Waals surface area contributed by atoms with Crippen LogP contribution in [-0.4, -0.2) is 57.8 Å². The Morgan fingerprint density at radius 1 is 1.25 bits per heavy atom. The predicted octanol–water partition coefficient (Wildman–Crippen LogP) is 0.726. The lowest BCUT2D eigenvalue weighted by Crippen LogP contribution is -2.46. The summed E-state index contributed by atoms with van der Waals surface area (Å²) in [5, 5.41) is 4.44. The number of hydrogen-bond acceptors (Lipinski definition) is 4. The van der Waals surface area contributed by atoms with Crippen molar-refractivity contribution in [2.24, 2.45) is 12.8 Å². The molecule has 2 aliphatic heterocycles. The normalized spacial score (nSPS) is 26.4. The highest BCUT2D eigenvalue weighted by Crippen LogP contribution is 2.21. The summed E-state index contributed by atoms with van der Waals surface area (Å²) in [6.45, 7) is 7.93. The van der Waals surface area contributed by atoms with Crippen molar-refractivity contribution < 1.29 is 0 Å². The van der Waals surface area contributed by atoms with Crippen LogP contribution in [-0.2, 0) is 13.6 Å². The van der Waals surface area contributed by atoms with Gasteiger partial charge < -0.3 is 5.73 Å². The Hall–Kier alpha value is -0.910. The molecule has 20 heavy (non-hydrogen) atoms. The van der Waals surface area contributed by atoms with Gasteiger partial charge in [0, 0.05) is 50.5 Å². The average Bonchev–Trinajstić information content (AvgIpc) is 2.98. The molecule has 3 rings (SSSR count). The molecule has 0 amide bonds. The number of nitrogens with zero attached hydrogens (tertiary/aromatic N) is 4. The van der Waals surface area contributed by atoms with E-state index in [2.05, 4.69) is 28.0 Å². The van der Waals surface area contributed by atoms with Crippen LogP contribution in [0.3, 0.4) is 0 Å². The summed E-state index contributed by atoms with van der Waals surface area (Å²) in [4.78, 5) is 5.22. The van der Waals surface area contributed by atoms with Gasteiger partial charge in [-0.1, -0.05) is 0 Å². The zero-order valence-corrected chi connectivity index (χ0v) is 12.8. The van der Waals surface area contributed by atoms with Crippen LogP contribution < -0.4 is 5.73 Å². The summed E-state index contributed by atoms with van der Waals surface area (Å²) < 4.78 is 1.92. The van der Waals surface area contributed by atoms with E-state index in [0.717, 1.165) is 25.4 Å². The van der Waals surface area contributed by atoms with Crippen LogP contribution in [0.1, 0.15) is 30.5 Å². The number of likely N-dealkylation sites (tertiary alicyclic amines) is 2. The molecule has 2 saturated heterocycles. The molecule has 0 aromatic carbocycles. The smallest absolute Gasteiger partial charge is 0.0638 e. The van der Waals surface area contributed by atoms with Crippen molar-refractivity contribution in [3.05, 3.63) is 17.5 Å². The van der Waals surface area contributed by atoms with E-state index in [9.17, 15) is 0 Å². The van der Waals surface area contributed by atoms with Crippen molar-refractivity contribution in [1.29, 1.82) is 0 Å². The standard InChI is InChI=1S/C15H27N5/c1-12-13(9-18(2)17-12)10-19-6-5-15(11-19)20-7-3-14(16)4-8-20/h9,14-15H,3-8,10-11,16H2,1-2H3. The van der Waals surface area contributed by atoms with Crippen LogP contribution in [0, 0.1) is 6.92 Å². The van der Waals surface area contributed by atoms with Gasteiger partial charge in [-0.05, 0) is 39.3 Å². The van der Waals surface area contributed by atoms with E-state index in [0.29, 0.717) is 6.04 Å². The van der Waals surface area contributed by atoms with Crippen LogP contribution in [0.15, 0.2) is 6.20 Å². The Balaban J connectivity index is 1.53. The molecule has 3 heterocycles. The largest absolute Gasteiger partial charge is 0.328 e. The number of hydrogen-bond donors (Lipinski definition) is 1. The lowest BCUT2D eigenvalue weighted by atomic mass is 10.0. The molecule has 112 valence electrons. The monoisotopic (exact) mass is 277 g/mol. The van der Waals surface area contributed by atoms with Gasteiger partial charge in [-0.3, -0.25) is 14.5 Å². The Morgan fingerprint density at radius 2 is 2.00 bits per heavy atom. The van der Waals surface area contributed by atoms with Gasteiger partial charge in [0.25, 0.3) is 0 Å². The number of aryl methyl sites for hydroxylation is 2. The number of piperidine rings is 1. The molecule has 0 saturated carbocycles. The molecule has 1 aromatic heterocycles. The number of rotatable bonds is 3. The van der Waals surface area contributed by atoms with E-state index in [1.165, 1.54) is 43.9 Å². The molecule has 0 bridgehead atoms. The Kier molecular flexibility index (Phi) is 4.10. The molecule has 0 aliphatic carbocycles. The van der Waals surface area contributed by atoms with Crippen LogP contribution in [0.4, 0.5) is 0 Å². The topological polar surface area (TPSA) is 50.3 Å². The maximum absolute atomic E-state index is 6.00. The lowest BCUT2D eigenvalue weighted by Gasteiger charge is -2.34. The van der Waals surface area contributed by atoms with Crippen molar-refractivity contribution >= 4 is 0 Å². The predicted molar refractivity (Wildman–Crippen MR) is 80.4 cm³/mol. The molecule has 2 aliphatic rings. The Labute approximate surface area is 121 Å². The quantitative estimate of drug-likeness (QED) is 0.885. The molecular formula is C15H27N5. The van der Waals surface area contributed by atoms with E-state index in [1.54, 1.807) is 0 Å². The van der Waals surface area contributed by atoms with Crippen molar-refractivity contribution in [2.45, 2.75) is 44.8 Å². The van der Waals surface area contributed by atoms with E-state index in [-0.39, 0.29) is 0 Å². The van der Waals surface area contributed by atoms with Crippen molar-refractivity contribution in [3.8, 4) is 0 Å². The van der Waals surface area contributed by atoms with Gasteiger partial charge in [0.1, 0.15) is 0 Å². The summed E-state index contributed by atoms with van der Waals surface area (Å²) in [5.74, 6) is 0. The zero-order valence-electron chi connectivity index (χ0n) is 12.8. The maximum atomic E-state index is 6.00. The minimum atomic E-state index is 0.432. The van der Waals surface area contributed by atoms with Crippen LogP contribution in [0.25, 0.3) is 0 Å².